The zero-order valence-electron chi connectivity index (χ0n) is 20.1. The van der Waals surface area contributed by atoms with Gasteiger partial charge in [-0.2, -0.15) is 0 Å². The van der Waals surface area contributed by atoms with Crippen LogP contribution in [0.25, 0.3) is 10.1 Å². The molecule has 4 N–H and O–H groups in total. The second-order valence-electron chi connectivity index (χ2n) is 9.49. The summed E-state index contributed by atoms with van der Waals surface area (Å²) >= 11 is 1.32. The Hall–Kier alpha value is -3.27. The molecule has 2 heterocycles. The highest BCUT2D eigenvalue weighted by Crippen LogP contribution is 2.25. The van der Waals surface area contributed by atoms with Crippen molar-refractivity contribution in [1.29, 1.82) is 0 Å². The standard InChI is InChI=1S/C26H32N4O5S/c31-22(15-28-25(34)21-14-16-7-4-5-11-20(16)36-21)30-19(13-17-8-6-12-27-24(17)33)23(32)26(35)29-18-9-2-1-3-10-18/h4-5,7,11,14,17-19H,1-3,6,8-10,12-13,15H2,(H,27,33)(H,28,34)(H,29,35)(H,30,31)/t17-,19-/m0/s1. The number of ketones is 1. The van der Waals surface area contributed by atoms with Crippen molar-refractivity contribution in [1.82, 2.24) is 21.3 Å². The number of carbonyl (C=O) groups is 5. The Labute approximate surface area is 213 Å². The van der Waals surface area contributed by atoms with Crippen molar-refractivity contribution in [2.75, 3.05) is 13.1 Å². The summed E-state index contributed by atoms with van der Waals surface area (Å²) in [6.07, 6.45) is 6.16. The number of benzene rings is 1. The summed E-state index contributed by atoms with van der Waals surface area (Å²) in [6, 6.07) is 8.17. The van der Waals surface area contributed by atoms with E-state index in [1.807, 2.05) is 24.3 Å². The molecule has 1 aromatic carbocycles. The maximum Gasteiger partial charge on any atom is 0.289 e. The third-order valence-electron chi connectivity index (χ3n) is 6.79. The van der Waals surface area contributed by atoms with Gasteiger partial charge in [-0.3, -0.25) is 24.0 Å². The average Bonchev–Trinajstić information content (AvgIpc) is 3.33. The van der Waals surface area contributed by atoms with Gasteiger partial charge in [0.25, 0.3) is 11.8 Å². The summed E-state index contributed by atoms with van der Waals surface area (Å²) in [5.41, 5.74) is 0. The first kappa shape index (κ1) is 25.8. The van der Waals surface area contributed by atoms with Crippen LogP contribution in [-0.2, 0) is 19.2 Å². The van der Waals surface area contributed by atoms with Crippen molar-refractivity contribution in [3.8, 4) is 0 Å². The number of nitrogens with one attached hydrogen (secondary N) is 4. The second kappa shape index (κ2) is 12.1. The number of Topliss-reactive ketones (excluding diaryl/α,β-unsaturated/α-hetero) is 1. The quantitative estimate of drug-likeness (QED) is 0.382. The molecule has 4 rings (SSSR count). The number of fused-ring (bicyclic) bond motifs is 1. The van der Waals surface area contributed by atoms with E-state index in [-0.39, 0.29) is 24.9 Å². The van der Waals surface area contributed by atoms with Gasteiger partial charge in [-0.05, 0) is 49.6 Å². The molecule has 10 heteroatoms. The largest absolute Gasteiger partial charge is 0.356 e. The topological polar surface area (TPSA) is 133 Å². The summed E-state index contributed by atoms with van der Waals surface area (Å²) < 4.78 is 0.965. The van der Waals surface area contributed by atoms with E-state index in [2.05, 4.69) is 21.3 Å². The molecule has 1 aliphatic heterocycles. The minimum atomic E-state index is -1.14. The molecule has 1 saturated carbocycles. The molecule has 36 heavy (non-hydrogen) atoms. The number of amides is 4. The van der Waals surface area contributed by atoms with Crippen LogP contribution in [0.3, 0.4) is 0 Å². The molecular formula is C26H32N4O5S. The molecule has 1 aliphatic carbocycles. The molecule has 9 nitrogen and oxygen atoms in total. The van der Waals surface area contributed by atoms with E-state index >= 15 is 0 Å². The average molecular weight is 513 g/mol. The fraction of sp³-hybridized carbons (Fsp3) is 0.500. The van der Waals surface area contributed by atoms with Crippen LogP contribution in [0.2, 0.25) is 0 Å². The Morgan fingerprint density at radius 3 is 2.56 bits per heavy atom. The first-order valence-corrected chi connectivity index (χ1v) is 13.4. The fourth-order valence-corrected chi connectivity index (χ4v) is 5.80. The van der Waals surface area contributed by atoms with Gasteiger partial charge in [0.1, 0.15) is 0 Å². The van der Waals surface area contributed by atoms with Gasteiger partial charge in [0.2, 0.25) is 17.6 Å². The third-order valence-corrected chi connectivity index (χ3v) is 7.91. The van der Waals surface area contributed by atoms with Crippen molar-refractivity contribution in [3.05, 3.63) is 35.2 Å². The van der Waals surface area contributed by atoms with Crippen LogP contribution < -0.4 is 21.3 Å². The summed E-state index contributed by atoms with van der Waals surface area (Å²) in [4.78, 5) is 63.8. The van der Waals surface area contributed by atoms with E-state index in [9.17, 15) is 24.0 Å². The summed E-state index contributed by atoms with van der Waals surface area (Å²) in [5, 5.41) is 11.7. The molecule has 1 aromatic heterocycles. The number of piperidine rings is 1. The third kappa shape index (κ3) is 6.69. The normalized spacial score (nSPS) is 19.2. The van der Waals surface area contributed by atoms with Crippen molar-refractivity contribution in [2.45, 2.75) is 63.5 Å². The lowest BCUT2D eigenvalue weighted by Crippen LogP contribution is -2.53. The van der Waals surface area contributed by atoms with Gasteiger partial charge in [-0.1, -0.05) is 37.5 Å². The molecule has 2 aromatic rings. The molecule has 0 bridgehead atoms. The predicted molar refractivity (Wildman–Crippen MR) is 136 cm³/mol. The SMILES string of the molecule is O=C(CNC(=O)c1cc2ccccc2s1)N[C@@H](C[C@@H]1CCCNC1=O)C(=O)C(=O)NC1CCCCC1. The highest BCUT2D eigenvalue weighted by Gasteiger charge is 2.34. The van der Waals surface area contributed by atoms with Crippen LogP contribution in [0.1, 0.15) is 61.0 Å². The van der Waals surface area contributed by atoms with Gasteiger partial charge < -0.3 is 21.3 Å². The Bertz CT molecular complexity index is 1110. The van der Waals surface area contributed by atoms with Crippen molar-refractivity contribution in [3.63, 3.8) is 0 Å². The molecule has 2 atom stereocenters. The van der Waals surface area contributed by atoms with Crippen LogP contribution >= 0.6 is 11.3 Å². The zero-order chi connectivity index (χ0) is 25.5. The summed E-state index contributed by atoms with van der Waals surface area (Å²) in [7, 11) is 0. The van der Waals surface area contributed by atoms with Gasteiger partial charge >= 0.3 is 0 Å². The smallest absolute Gasteiger partial charge is 0.289 e. The number of rotatable bonds is 9. The van der Waals surface area contributed by atoms with Crippen molar-refractivity contribution in [2.24, 2.45) is 5.92 Å². The Kier molecular flexibility index (Phi) is 8.69. The highest BCUT2D eigenvalue weighted by atomic mass is 32.1. The molecule has 0 unspecified atom stereocenters. The maximum atomic E-state index is 13.0. The van der Waals surface area contributed by atoms with Crippen molar-refractivity contribution < 1.29 is 24.0 Å². The lowest BCUT2D eigenvalue weighted by Gasteiger charge is -2.27. The Morgan fingerprint density at radius 2 is 1.81 bits per heavy atom. The predicted octanol–water partition coefficient (Wildman–Crippen LogP) is 2.05. The van der Waals surface area contributed by atoms with Crippen LogP contribution in [0, 0.1) is 5.92 Å². The monoisotopic (exact) mass is 512 g/mol. The van der Waals surface area contributed by atoms with E-state index in [0.29, 0.717) is 17.8 Å². The van der Waals surface area contributed by atoms with Crippen LogP contribution in [-0.4, -0.2) is 54.6 Å². The maximum absolute atomic E-state index is 13.0. The van der Waals surface area contributed by atoms with Gasteiger partial charge in [-0.25, -0.2) is 0 Å². The Balaban J connectivity index is 1.37. The molecule has 4 amide bonds. The molecular weight excluding hydrogens is 480 g/mol. The van der Waals surface area contributed by atoms with Gasteiger partial charge in [0, 0.05) is 23.2 Å². The van der Waals surface area contributed by atoms with E-state index < -0.39 is 35.5 Å². The van der Waals surface area contributed by atoms with E-state index in [1.165, 1.54) is 11.3 Å². The molecule has 2 fully saturated rings. The van der Waals surface area contributed by atoms with Gasteiger partial charge in [0.05, 0.1) is 17.5 Å². The van der Waals surface area contributed by atoms with E-state index in [1.54, 1.807) is 6.07 Å². The number of carbonyl (C=O) groups excluding carboxylic acids is 5. The fourth-order valence-electron chi connectivity index (χ4n) is 4.82. The molecule has 2 aliphatic rings. The van der Waals surface area contributed by atoms with E-state index in [4.69, 9.17) is 0 Å². The number of thiophene rings is 1. The molecule has 0 spiro atoms. The lowest BCUT2D eigenvalue weighted by molar-refractivity contribution is -0.141. The number of hydrogen-bond donors (Lipinski definition) is 4. The van der Waals surface area contributed by atoms with Crippen LogP contribution in [0.5, 0.6) is 0 Å². The number of hydrogen-bond acceptors (Lipinski definition) is 6. The lowest BCUT2D eigenvalue weighted by atomic mass is 9.89. The Morgan fingerprint density at radius 1 is 1.03 bits per heavy atom. The second-order valence-corrected chi connectivity index (χ2v) is 10.6. The molecule has 192 valence electrons. The highest BCUT2D eigenvalue weighted by molar-refractivity contribution is 7.20. The first-order chi connectivity index (χ1) is 17.4. The molecule has 0 radical (unpaired) electrons. The van der Waals surface area contributed by atoms with Gasteiger partial charge in [-0.15, -0.1) is 11.3 Å². The van der Waals surface area contributed by atoms with Crippen LogP contribution in [0.15, 0.2) is 30.3 Å². The minimum Gasteiger partial charge on any atom is -0.356 e. The molecule has 1 saturated heterocycles. The summed E-state index contributed by atoms with van der Waals surface area (Å²) in [6.45, 7) is 0.226. The zero-order valence-corrected chi connectivity index (χ0v) is 21.0. The van der Waals surface area contributed by atoms with Crippen molar-refractivity contribution >= 4 is 50.8 Å². The minimum absolute atomic E-state index is 0.0404. The van der Waals surface area contributed by atoms with Gasteiger partial charge in [0.15, 0.2) is 0 Å². The van der Waals surface area contributed by atoms with Crippen LogP contribution in [0.4, 0.5) is 0 Å². The van der Waals surface area contributed by atoms with E-state index in [0.717, 1.165) is 48.6 Å². The summed E-state index contributed by atoms with van der Waals surface area (Å²) in [5.74, 6) is -3.14. The first-order valence-electron chi connectivity index (χ1n) is 12.6.